The Hall–Kier alpha value is -3.71. The number of aliphatic hydroxyl groups is 1. The molecule has 0 bridgehead atoms. The lowest BCUT2D eigenvalue weighted by atomic mass is 10.2. The van der Waals surface area contributed by atoms with Gasteiger partial charge in [0.25, 0.3) is 11.8 Å². The highest BCUT2D eigenvalue weighted by atomic mass is 16.3. The molecule has 0 saturated heterocycles. The van der Waals surface area contributed by atoms with E-state index >= 15 is 0 Å². The largest absolute Gasteiger partial charge is 0.395 e. The smallest absolute Gasteiger partial charge is 0.277 e. The van der Waals surface area contributed by atoms with Crippen molar-refractivity contribution in [3.05, 3.63) is 71.7 Å². The number of carbonyl (C=O) groups excluding carboxylic acids is 2. The Labute approximate surface area is 161 Å². The van der Waals surface area contributed by atoms with E-state index in [0.29, 0.717) is 5.69 Å². The molecular formula is C21H18N4O3. The second kappa shape index (κ2) is 7.50. The molecule has 0 radical (unpaired) electrons. The average Bonchev–Trinajstić information content (AvgIpc) is 3.23. The van der Waals surface area contributed by atoms with Gasteiger partial charge in [0, 0.05) is 11.8 Å². The zero-order valence-electron chi connectivity index (χ0n) is 14.9. The fraction of sp³-hybridized carbons (Fsp3) is 0.0952. The second-order valence-electron chi connectivity index (χ2n) is 6.30. The molecule has 1 aliphatic heterocycles. The summed E-state index contributed by atoms with van der Waals surface area (Å²) in [6.07, 6.45) is 5.08. The minimum absolute atomic E-state index is 0.00906. The van der Waals surface area contributed by atoms with Crippen molar-refractivity contribution in [2.75, 3.05) is 18.5 Å². The quantitative estimate of drug-likeness (QED) is 0.576. The van der Waals surface area contributed by atoms with Crippen LogP contribution >= 0.6 is 0 Å². The standard InChI is InChI=1S/C21H18N4O3/c26-12-11-25-20(27)13-18(21(25)28)22-15-8-5-14(6-9-15)7-10-19-23-16-3-1-2-4-17(16)24-19/h1-10,13,22,26H,11-12H2,(H,23,24). The summed E-state index contributed by atoms with van der Waals surface area (Å²) in [5.74, 6) is -0.0903. The molecule has 2 heterocycles. The Morgan fingerprint density at radius 1 is 1.07 bits per heavy atom. The highest BCUT2D eigenvalue weighted by Crippen LogP contribution is 2.19. The maximum atomic E-state index is 12.2. The number of rotatable bonds is 6. The van der Waals surface area contributed by atoms with E-state index in [9.17, 15) is 9.59 Å². The van der Waals surface area contributed by atoms with Crippen molar-refractivity contribution in [3.8, 4) is 0 Å². The lowest BCUT2D eigenvalue weighted by molar-refractivity contribution is -0.137. The molecule has 1 aliphatic rings. The number of β-amino-alcohol motifs (C(OH)–C–C–N with tert-alkyl or cyclic N) is 1. The van der Waals surface area contributed by atoms with Crippen molar-refractivity contribution >= 4 is 40.7 Å². The van der Waals surface area contributed by atoms with Crippen molar-refractivity contribution < 1.29 is 14.7 Å². The molecule has 140 valence electrons. The fourth-order valence-electron chi connectivity index (χ4n) is 2.97. The van der Waals surface area contributed by atoms with Gasteiger partial charge >= 0.3 is 0 Å². The number of H-pyrrole nitrogens is 1. The van der Waals surface area contributed by atoms with Gasteiger partial charge in [-0.3, -0.25) is 14.5 Å². The first kappa shape index (κ1) is 17.7. The molecule has 0 fully saturated rings. The number of aliphatic hydroxyl groups excluding tert-OH is 1. The topological polar surface area (TPSA) is 98.3 Å². The first-order valence-electron chi connectivity index (χ1n) is 8.82. The van der Waals surface area contributed by atoms with Gasteiger partial charge in [0.1, 0.15) is 11.5 Å². The van der Waals surface area contributed by atoms with E-state index in [4.69, 9.17) is 5.11 Å². The van der Waals surface area contributed by atoms with Crippen LogP contribution in [0.15, 0.2) is 60.3 Å². The SMILES string of the molecule is O=C1C=C(Nc2ccc(C=Cc3nc4ccccc4[nH]3)cc2)C(=O)N1CCO. The Balaban J connectivity index is 1.43. The minimum atomic E-state index is -0.437. The highest BCUT2D eigenvalue weighted by molar-refractivity contribution is 6.17. The van der Waals surface area contributed by atoms with Crippen LogP contribution < -0.4 is 5.32 Å². The first-order valence-corrected chi connectivity index (χ1v) is 8.82. The summed E-state index contributed by atoms with van der Waals surface area (Å²) in [5, 5.41) is 11.9. The molecule has 3 aromatic rings. The third-order valence-corrected chi connectivity index (χ3v) is 4.36. The molecular weight excluding hydrogens is 356 g/mol. The van der Waals surface area contributed by atoms with Crippen LogP contribution in [0.2, 0.25) is 0 Å². The van der Waals surface area contributed by atoms with E-state index in [1.54, 1.807) is 0 Å². The van der Waals surface area contributed by atoms with E-state index in [-0.39, 0.29) is 18.8 Å². The van der Waals surface area contributed by atoms with Crippen molar-refractivity contribution in [1.82, 2.24) is 14.9 Å². The third kappa shape index (κ3) is 3.56. The van der Waals surface area contributed by atoms with Crippen LogP contribution in [0, 0.1) is 0 Å². The molecule has 7 heteroatoms. The zero-order chi connectivity index (χ0) is 19.5. The predicted molar refractivity (Wildman–Crippen MR) is 107 cm³/mol. The number of nitrogens with one attached hydrogen (secondary N) is 2. The van der Waals surface area contributed by atoms with Crippen LogP contribution in [-0.2, 0) is 9.59 Å². The molecule has 0 saturated carbocycles. The molecule has 0 unspecified atom stereocenters. The van der Waals surface area contributed by atoms with Crippen LogP contribution in [0.5, 0.6) is 0 Å². The molecule has 4 rings (SSSR count). The molecule has 0 atom stereocenters. The molecule has 1 aromatic heterocycles. The van der Waals surface area contributed by atoms with Gasteiger partial charge < -0.3 is 15.4 Å². The van der Waals surface area contributed by atoms with Gasteiger partial charge in [0.2, 0.25) is 0 Å². The molecule has 2 amide bonds. The van der Waals surface area contributed by atoms with Crippen molar-refractivity contribution in [2.24, 2.45) is 0 Å². The third-order valence-electron chi connectivity index (χ3n) is 4.36. The Bertz CT molecular complexity index is 1060. The Morgan fingerprint density at radius 3 is 2.61 bits per heavy atom. The first-order chi connectivity index (χ1) is 13.6. The molecule has 0 aliphatic carbocycles. The number of amides is 2. The van der Waals surface area contributed by atoms with Crippen LogP contribution in [0.1, 0.15) is 11.4 Å². The number of hydrogen-bond donors (Lipinski definition) is 3. The number of imidazole rings is 1. The summed E-state index contributed by atoms with van der Waals surface area (Å²) in [6, 6.07) is 15.3. The number of para-hydroxylation sites is 2. The lowest BCUT2D eigenvalue weighted by Gasteiger charge is -2.13. The molecule has 3 N–H and O–H groups in total. The Kier molecular flexibility index (Phi) is 4.74. The van der Waals surface area contributed by atoms with Crippen LogP contribution in [0.25, 0.3) is 23.2 Å². The maximum absolute atomic E-state index is 12.2. The summed E-state index contributed by atoms with van der Waals surface area (Å²) in [5.41, 5.74) is 3.76. The fourth-order valence-corrected chi connectivity index (χ4v) is 2.97. The van der Waals surface area contributed by atoms with Crippen molar-refractivity contribution in [2.45, 2.75) is 0 Å². The number of nitrogens with zero attached hydrogens (tertiary/aromatic N) is 2. The summed E-state index contributed by atoms with van der Waals surface area (Å²) < 4.78 is 0. The maximum Gasteiger partial charge on any atom is 0.277 e. The van der Waals surface area contributed by atoms with Gasteiger partial charge in [-0.05, 0) is 35.9 Å². The number of aromatic amines is 1. The van der Waals surface area contributed by atoms with E-state index < -0.39 is 11.8 Å². The van der Waals surface area contributed by atoms with E-state index in [2.05, 4.69) is 15.3 Å². The zero-order valence-corrected chi connectivity index (χ0v) is 14.9. The van der Waals surface area contributed by atoms with Gasteiger partial charge in [-0.1, -0.05) is 30.3 Å². The van der Waals surface area contributed by atoms with E-state index in [1.165, 1.54) is 6.08 Å². The second-order valence-corrected chi connectivity index (χ2v) is 6.30. The van der Waals surface area contributed by atoms with Gasteiger partial charge in [-0.25, -0.2) is 4.98 Å². The van der Waals surface area contributed by atoms with Gasteiger partial charge in [0.05, 0.1) is 24.2 Å². The predicted octanol–water partition coefficient (Wildman–Crippen LogP) is 2.39. The molecule has 0 spiro atoms. The summed E-state index contributed by atoms with van der Waals surface area (Å²) in [4.78, 5) is 32.7. The number of hydrogen-bond acceptors (Lipinski definition) is 5. The number of anilines is 1. The van der Waals surface area contributed by atoms with Crippen LogP contribution in [-0.4, -0.2) is 44.9 Å². The highest BCUT2D eigenvalue weighted by Gasteiger charge is 2.30. The number of fused-ring (bicyclic) bond motifs is 1. The lowest BCUT2D eigenvalue weighted by Crippen LogP contribution is -2.34. The number of benzene rings is 2. The Morgan fingerprint density at radius 2 is 1.86 bits per heavy atom. The van der Waals surface area contributed by atoms with Crippen LogP contribution in [0.4, 0.5) is 5.69 Å². The molecule has 2 aromatic carbocycles. The summed E-state index contributed by atoms with van der Waals surface area (Å²) >= 11 is 0. The number of carbonyl (C=O) groups is 2. The summed E-state index contributed by atoms with van der Waals surface area (Å²) in [7, 11) is 0. The number of imide groups is 1. The normalized spacial score (nSPS) is 14.3. The number of aromatic nitrogens is 2. The molecule has 7 nitrogen and oxygen atoms in total. The van der Waals surface area contributed by atoms with Crippen LogP contribution in [0.3, 0.4) is 0 Å². The molecule has 28 heavy (non-hydrogen) atoms. The minimum Gasteiger partial charge on any atom is -0.395 e. The van der Waals surface area contributed by atoms with Gasteiger partial charge in [-0.15, -0.1) is 0 Å². The van der Waals surface area contributed by atoms with Crippen molar-refractivity contribution in [1.29, 1.82) is 0 Å². The monoisotopic (exact) mass is 374 g/mol. The van der Waals surface area contributed by atoms with E-state index in [0.717, 1.165) is 27.3 Å². The van der Waals surface area contributed by atoms with Gasteiger partial charge in [-0.2, -0.15) is 0 Å². The average molecular weight is 374 g/mol. The summed E-state index contributed by atoms with van der Waals surface area (Å²) in [6.45, 7) is -0.268. The van der Waals surface area contributed by atoms with E-state index in [1.807, 2.05) is 60.7 Å². The van der Waals surface area contributed by atoms with Crippen molar-refractivity contribution in [3.63, 3.8) is 0 Å². The van der Waals surface area contributed by atoms with Gasteiger partial charge in [0.15, 0.2) is 0 Å².